The van der Waals surface area contributed by atoms with E-state index in [2.05, 4.69) is 118 Å². The van der Waals surface area contributed by atoms with E-state index < -0.39 is 6.10 Å². The van der Waals surface area contributed by atoms with Gasteiger partial charge in [0.1, 0.15) is 13.2 Å². The molecule has 0 N–H and O–H groups in total. The van der Waals surface area contributed by atoms with Gasteiger partial charge in [-0.15, -0.1) is 0 Å². The van der Waals surface area contributed by atoms with Crippen LogP contribution >= 0.6 is 0 Å². The third-order valence-electron chi connectivity index (χ3n) is 14.5. The topological polar surface area (TPSA) is 78.9 Å². The van der Waals surface area contributed by atoms with E-state index >= 15 is 0 Å². The van der Waals surface area contributed by atoms with Crippen LogP contribution in [0, 0.1) is 0 Å². The summed E-state index contributed by atoms with van der Waals surface area (Å²) >= 11 is 0. The lowest BCUT2D eigenvalue weighted by atomic mass is 10.0. The lowest BCUT2D eigenvalue weighted by Crippen LogP contribution is -2.30. The number of hydrogen-bond donors (Lipinski definition) is 0. The average Bonchev–Trinajstić information content (AvgIpc) is 3.45. The van der Waals surface area contributed by atoms with E-state index in [4.69, 9.17) is 14.2 Å². The van der Waals surface area contributed by atoms with Crippen molar-refractivity contribution in [1.82, 2.24) is 0 Å². The van der Waals surface area contributed by atoms with Crippen LogP contribution in [0.1, 0.15) is 329 Å². The molecule has 6 heteroatoms. The molecule has 0 radical (unpaired) electrons. The first-order valence-electron chi connectivity index (χ1n) is 33.7. The Balaban J connectivity index is 4.40. The number of unbranched alkanes of at least 4 members (excludes halogenated alkanes) is 34. The van der Waals surface area contributed by atoms with Crippen molar-refractivity contribution in [3.63, 3.8) is 0 Å². The second-order valence-electron chi connectivity index (χ2n) is 22.3. The lowest BCUT2D eigenvalue weighted by Gasteiger charge is -2.18. The predicted octanol–water partition coefficient (Wildman–Crippen LogP) is 23.2. The van der Waals surface area contributed by atoms with Crippen LogP contribution < -0.4 is 0 Å². The van der Waals surface area contributed by atoms with E-state index in [9.17, 15) is 14.4 Å². The summed E-state index contributed by atoms with van der Waals surface area (Å²) in [6.07, 6.45) is 89.9. The number of allylic oxidation sites excluding steroid dienone is 16. The highest BCUT2D eigenvalue weighted by atomic mass is 16.6. The summed E-state index contributed by atoms with van der Waals surface area (Å²) in [5.41, 5.74) is 0. The normalized spacial score (nSPS) is 12.7. The van der Waals surface area contributed by atoms with Gasteiger partial charge >= 0.3 is 17.9 Å². The van der Waals surface area contributed by atoms with Gasteiger partial charge in [-0.2, -0.15) is 0 Å². The van der Waals surface area contributed by atoms with Crippen LogP contribution in [-0.4, -0.2) is 37.2 Å². The molecule has 79 heavy (non-hydrogen) atoms. The van der Waals surface area contributed by atoms with Gasteiger partial charge in [0.2, 0.25) is 0 Å². The minimum atomic E-state index is -0.795. The largest absolute Gasteiger partial charge is 0.462 e. The van der Waals surface area contributed by atoms with Crippen LogP contribution in [0.4, 0.5) is 0 Å². The van der Waals surface area contributed by atoms with Crippen molar-refractivity contribution in [3.8, 4) is 0 Å². The highest BCUT2D eigenvalue weighted by Crippen LogP contribution is 2.16. The van der Waals surface area contributed by atoms with Gasteiger partial charge in [-0.3, -0.25) is 14.4 Å². The molecule has 0 aromatic rings. The third-order valence-corrected chi connectivity index (χ3v) is 14.5. The molecule has 0 spiro atoms. The van der Waals surface area contributed by atoms with Crippen molar-refractivity contribution in [1.29, 1.82) is 0 Å². The molecule has 0 saturated carbocycles. The molecule has 0 aliphatic heterocycles. The molecule has 0 aliphatic carbocycles. The van der Waals surface area contributed by atoms with E-state index in [0.717, 1.165) is 116 Å². The molecule has 0 bridgehead atoms. The fourth-order valence-electron chi connectivity index (χ4n) is 9.50. The van der Waals surface area contributed by atoms with Gasteiger partial charge in [0, 0.05) is 19.3 Å². The number of ether oxygens (including phenoxy) is 3. The van der Waals surface area contributed by atoms with Crippen molar-refractivity contribution in [2.24, 2.45) is 0 Å². The summed E-state index contributed by atoms with van der Waals surface area (Å²) in [7, 11) is 0. The Bertz CT molecular complexity index is 1540. The van der Waals surface area contributed by atoms with Gasteiger partial charge < -0.3 is 14.2 Å². The number of esters is 3. The zero-order chi connectivity index (χ0) is 57.1. The molecule has 0 saturated heterocycles. The zero-order valence-electron chi connectivity index (χ0n) is 52.1. The van der Waals surface area contributed by atoms with Crippen LogP contribution in [0.2, 0.25) is 0 Å². The first-order valence-corrected chi connectivity index (χ1v) is 33.7. The number of carbonyl (C=O) groups excluding carboxylic acids is 3. The van der Waals surface area contributed by atoms with Gasteiger partial charge in [0.05, 0.1) is 0 Å². The number of carbonyl (C=O) groups is 3. The summed E-state index contributed by atoms with van der Waals surface area (Å²) in [6.45, 7) is 6.53. The quantitative estimate of drug-likeness (QED) is 0.0261. The SMILES string of the molecule is CC/C=C\C/C=C\C/C=C\C/C=C\C/C=C\C/C=C\CCCCCCC(=O)OCC(COC(=O)CCCCCCC/C=C\CCCCCCCC)OC(=O)CCCCCCCCCCCCC/C=C\CCCCCCCCCC. The molecule has 0 rings (SSSR count). The van der Waals surface area contributed by atoms with Crippen molar-refractivity contribution < 1.29 is 28.6 Å². The third kappa shape index (κ3) is 65.0. The molecule has 0 amide bonds. The van der Waals surface area contributed by atoms with E-state index in [1.807, 2.05) is 0 Å². The Labute approximate surface area is 489 Å². The molecule has 1 unspecified atom stereocenters. The first kappa shape index (κ1) is 75.3. The van der Waals surface area contributed by atoms with Gasteiger partial charge in [-0.05, 0) is 122 Å². The molecule has 0 aromatic carbocycles. The summed E-state index contributed by atoms with van der Waals surface area (Å²) in [6, 6.07) is 0. The van der Waals surface area contributed by atoms with E-state index in [1.54, 1.807) is 0 Å². The molecule has 454 valence electrons. The van der Waals surface area contributed by atoms with E-state index in [1.165, 1.54) is 173 Å². The maximum Gasteiger partial charge on any atom is 0.306 e. The molecule has 6 nitrogen and oxygen atoms in total. The van der Waals surface area contributed by atoms with Crippen LogP contribution in [0.15, 0.2) is 97.2 Å². The highest BCUT2D eigenvalue weighted by molar-refractivity contribution is 5.71. The second kappa shape index (κ2) is 66.8. The predicted molar refractivity (Wildman–Crippen MR) is 344 cm³/mol. The first-order chi connectivity index (χ1) is 39.0. The lowest BCUT2D eigenvalue weighted by molar-refractivity contribution is -0.167. The highest BCUT2D eigenvalue weighted by Gasteiger charge is 2.19. The Kier molecular flexibility index (Phi) is 63.7. The minimum absolute atomic E-state index is 0.0893. The van der Waals surface area contributed by atoms with Gasteiger partial charge in [0.25, 0.3) is 0 Å². The van der Waals surface area contributed by atoms with Crippen LogP contribution in [0.25, 0.3) is 0 Å². The zero-order valence-corrected chi connectivity index (χ0v) is 52.1. The van der Waals surface area contributed by atoms with Crippen molar-refractivity contribution in [3.05, 3.63) is 97.2 Å². The summed E-state index contributed by atoms with van der Waals surface area (Å²) < 4.78 is 16.9. The summed E-state index contributed by atoms with van der Waals surface area (Å²) in [4.78, 5) is 38.4. The fraction of sp³-hybridized carbons (Fsp3) is 0.740. The Morgan fingerprint density at radius 3 is 0.785 bits per heavy atom. The molecular formula is C73H126O6. The second-order valence-corrected chi connectivity index (χ2v) is 22.3. The van der Waals surface area contributed by atoms with Gasteiger partial charge in [-0.1, -0.05) is 285 Å². The molecule has 1 atom stereocenters. The molecule has 0 heterocycles. The standard InChI is InChI=1S/C73H126O6/c1-4-7-10-13-16-19-22-25-28-30-32-34-36-38-40-42-45-48-51-54-57-60-63-66-72(75)78-69-70(68-77-71(74)65-62-59-56-53-50-47-44-27-24-21-18-15-12-9-6-3)79-73(76)67-64-61-58-55-52-49-46-43-41-39-37-35-33-31-29-26-23-20-17-14-11-8-5-2/h7,10,16,19,25,27-28,31-34,38,40,44-45,48,70H,4-6,8-9,11-15,17-18,20-24,26,29-30,35-37,39,41-43,46-47,49-69H2,1-3H3/b10-7-,19-16-,28-25-,33-31-,34-32-,40-38-,44-27-,48-45-. The van der Waals surface area contributed by atoms with Crippen LogP contribution in [-0.2, 0) is 28.6 Å². The van der Waals surface area contributed by atoms with Crippen LogP contribution in [0.5, 0.6) is 0 Å². The van der Waals surface area contributed by atoms with Gasteiger partial charge in [0.15, 0.2) is 6.10 Å². The summed E-state index contributed by atoms with van der Waals surface area (Å²) in [5.74, 6) is -0.911. The van der Waals surface area contributed by atoms with E-state index in [0.29, 0.717) is 19.3 Å². The molecule has 0 fully saturated rings. The monoisotopic (exact) mass is 1100 g/mol. The van der Waals surface area contributed by atoms with E-state index in [-0.39, 0.29) is 31.1 Å². The molecule has 0 aliphatic rings. The average molecular weight is 1100 g/mol. The molecule has 0 aromatic heterocycles. The Morgan fingerprint density at radius 2 is 0.494 bits per heavy atom. The maximum atomic E-state index is 12.9. The van der Waals surface area contributed by atoms with Crippen molar-refractivity contribution in [2.75, 3.05) is 13.2 Å². The Hall–Kier alpha value is -3.67. The number of rotatable bonds is 61. The van der Waals surface area contributed by atoms with Crippen LogP contribution in [0.3, 0.4) is 0 Å². The minimum Gasteiger partial charge on any atom is -0.462 e. The Morgan fingerprint density at radius 1 is 0.266 bits per heavy atom. The number of hydrogen-bond acceptors (Lipinski definition) is 6. The van der Waals surface area contributed by atoms with Crippen molar-refractivity contribution >= 4 is 17.9 Å². The van der Waals surface area contributed by atoms with Crippen molar-refractivity contribution in [2.45, 2.75) is 335 Å². The fourth-order valence-corrected chi connectivity index (χ4v) is 9.50. The summed E-state index contributed by atoms with van der Waals surface area (Å²) in [5, 5.41) is 0. The van der Waals surface area contributed by atoms with Gasteiger partial charge in [-0.25, -0.2) is 0 Å². The maximum absolute atomic E-state index is 12.9. The smallest absolute Gasteiger partial charge is 0.306 e. The molecular weight excluding hydrogens is 973 g/mol.